The van der Waals surface area contributed by atoms with Crippen molar-refractivity contribution in [1.82, 2.24) is 4.98 Å². The topological polar surface area (TPSA) is 39.2 Å². The van der Waals surface area contributed by atoms with Crippen LogP contribution < -0.4 is 4.74 Å². The van der Waals surface area contributed by atoms with Gasteiger partial charge in [0.05, 0.1) is 5.92 Å². The van der Waals surface area contributed by atoms with Gasteiger partial charge in [-0.25, -0.2) is 4.39 Å². The van der Waals surface area contributed by atoms with E-state index >= 15 is 0 Å². The maximum absolute atomic E-state index is 13.6. The predicted octanol–water partition coefficient (Wildman–Crippen LogP) is 5.72. The Morgan fingerprint density at radius 1 is 1.07 bits per heavy atom. The Hall–Kier alpha value is -2.37. The number of aromatic nitrogens is 1. The summed E-state index contributed by atoms with van der Waals surface area (Å²) in [4.78, 5) is 15.0. The second-order valence-corrected chi connectivity index (χ2v) is 7.36. The molecule has 0 unspecified atom stereocenters. The molecular formula is C22H24F3NO2. The van der Waals surface area contributed by atoms with Gasteiger partial charge in [0.1, 0.15) is 0 Å². The number of nitrogens with zero attached hydrogens (tertiary/aromatic N) is 1. The zero-order chi connectivity index (χ0) is 20.1. The first-order valence-corrected chi connectivity index (χ1v) is 9.80. The number of halogens is 3. The van der Waals surface area contributed by atoms with E-state index < -0.39 is 29.4 Å². The van der Waals surface area contributed by atoms with Crippen LogP contribution in [-0.2, 0) is 11.2 Å². The molecule has 2 aromatic rings. The molecule has 3 nitrogen and oxygen atoms in total. The molecule has 1 aromatic heterocycles. The largest absolute Gasteiger partial charge is 0.421 e. The lowest BCUT2D eigenvalue weighted by molar-refractivity contribution is -0.140. The smallest absolute Gasteiger partial charge is 0.314 e. The van der Waals surface area contributed by atoms with E-state index in [1.807, 2.05) is 0 Å². The highest BCUT2D eigenvalue weighted by atomic mass is 19.2. The van der Waals surface area contributed by atoms with Gasteiger partial charge in [-0.3, -0.25) is 4.79 Å². The van der Waals surface area contributed by atoms with Crippen LogP contribution in [0.15, 0.2) is 30.3 Å². The van der Waals surface area contributed by atoms with Gasteiger partial charge in [-0.2, -0.15) is 13.8 Å². The standard InChI is InChI=1S/C22H24F3NO2/c1-2-3-4-14-5-7-15(8-6-14)16-9-11-17(12-10-16)22(27)28-19-13-18(23)20(24)26-21(19)25/h5-8,13,16-17H,2-4,9-12H2,1H3. The number of hydrogen-bond donors (Lipinski definition) is 0. The predicted molar refractivity (Wildman–Crippen MR) is 99.5 cm³/mol. The molecule has 1 heterocycles. The van der Waals surface area contributed by atoms with Gasteiger partial charge in [-0.05, 0) is 55.6 Å². The van der Waals surface area contributed by atoms with E-state index in [0.29, 0.717) is 24.8 Å². The van der Waals surface area contributed by atoms with Crippen molar-refractivity contribution < 1.29 is 22.7 Å². The van der Waals surface area contributed by atoms with Crippen molar-refractivity contribution in [2.24, 2.45) is 5.92 Å². The van der Waals surface area contributed by atoms with Crippen LogP contribution >= 0.6 is 0 Å². The summed E-state index contributed by atoms with van der Waals surface area (Å²) < 4.78 is 44.6. The highest BCUT2D eigenvalue weighted by Gasteiger charge is 2.29. The van der Waals surface area contributed by atoms with E-state index in [1.54, 1.807) is 0 Å². The molecule has 0 saturated heterocycles. The van der Waals surface area contributed by atoms with Crippen LogP contribution in [0, 0.1) is 23.6 Å². The Labute approximate surface area is 162 Å². The number of ether oxygens (including phenoxy) is 1. The van der Waals surface area contributed by atoms with Gasteiger partial charge in [-0.1, -0.05) is 37.6 Å². The molecule has 1 saturated carbocycles. The average Bonchev–Trinajstić information content (AvgIpc) is 2.71. The van der Waals surface area contributed by atoms with Crippen molar-refractivity contribution in [2.45, 2.75) is 57.8 Å². The second kappa shape index (κ2) is 9.22. The maximum atomic E-state index is 13.6. The minimum Gasteiger partial charge on any atom is -0.421 e. The fourth-order valence-electron chi connectivity index (χ4n) is 3.69. The Morgan fingerprint density at radius 2 is 1.75 bits per heavy atom. The number of esters is 1. The molecule has 0 radical (unpaired) electrons. The number of hydrogen-bond acceptors (Lipinski definition) is 3. The van der Waals surface area contributed by atoms with Crippen LogP contribution in [0.5, 0.6) is 5.75 Å². The number of unbranched alkanes of at least 4 members (excludes halogenated alkanes) is 1. The van der Waals surface area contributed by atoms with Crippen LogP contribution in [0.1, 0.15) is 62.5 Å². The van der Waals surface area contributed by atoms with E-state index in [4.69, 9.17) is 4.74 Å². The highest BCUT2D eigenvalue weighted by molar-refractivity contribution is 5.75. The first-order valence-electron chi connectivity index (χ1n) is 9.80. The molecular weight excluding hydrogens is 367 g/mol. The highest BCUT2D eigenvalue weighted by Crippen LogP contribution is 2.36. The number of aryl methyl sites for hydroxylation is 1. The number of pyridine rings is 1. The van der Waals surface area contributed by atoms with E-state index in [1.165, 1.54) is 24.0 Å². The van der Waals surface area contributed by atoms with E-state index in [0.717, 1.165) is 19.3 Å². The fourth-order valence-corrected chi connectivity index (χ4v) is 3.69. The van der Waals surface area contributed by atoms with E-state index in [9.17, 15) is 18.0 Å². The third-order valence-corrected chi connectivity index (χ3v) is 5.40. The van der Waals surface area contributed by atoms with Crippen molar-refractivity contribution in [3.8, 4) is 5.75 Å². The fraction of sp³-hybridized carbons (Fsp3) is 0.455. The summed E-state index contributed by atoms with van der Waals surface area (Å²) in [7, 11) is 0. The lowest BCUT2D eigenvalue weighted by Crippen LogP contribution is -2.25. The number of benzene rings is 1. The Kier molecular flexibility index (Phi) is 6.70. The molecule has 1 aliphatic carbocycles. The molecule has 0 bridgehead atoms. The number of carbonyl (C=O) groups is 1. The summed E-state index contributed by atoms with van der Waals surface area (Å²) in [6.07, 6.45) is 6.32. The molecule has 28 heavy (non-hydrogen) atoms. The minimum absolute atomic E-state index is 0.381. The summed E-state index contributed by atoms with van der Waals surface area (Å²) in [6, 6.07) is 9.18. The van der Waals surface area contributed by atoms with Crippen LogP contribution in [0.2, 0.25) is 0 Å². The van der Waals surface area contributed by atoms with Gasteiger partial charge in [-0.15, -0.1) is 0 Å². The molecule has 150 valence electrons. The zero-order valence-corrected chi connectivity index (χ0v) is 15.9. The van der Waals surface area contributed by atoms with Gasteiger partial charge >= 0.3 is 5.97 Å². The van der Waals surface area contributed by atoms with Crippen molar-refractivity contribution in [1.29, 1.82) is 0 Å². The molecule has 0 spiro atoms. The molecule has 1 fully saturated rings. The quantitative estimate of drug-likeness (QED) is 0.467. The van der Waals surface area contributed by atoms with Crippen LogP contribution in [0.3, 0.4) is 0 Å². The molecule has 0 N–H and O–H groups in total. The Balaban J connectivity index is 1.55. The summed E-state index contributed by atoms with van der Waals surface area (Å²) in [5.74, 6) is -5.54. The van der Waals surface area contributed by atoms with Gasteiger partial charge in [0.2, 0.25) is 0 Å². The first-order chi connectivity index (χ1) is 13.5. The number of rotatable bonds is 6. The molecule has 0 amide bonds. The molecule has 6 heteroatoms. The SMILES string of the molecule is CCCCc1ccc(C2CCC(C(=O)Oc3cc(F)c(F)nc3F)CC2)cc1. The lowest BCUT2D eigenvalue weighted by Gasteiger charge is -2.27. The minimum atomic E-state index is -1.56. The summed E-state index contributed by atoms with van der Waals surface area (Å²) in [6.45, 7) is 2.18. The van der Waals surface area contributed by atoms with Crippen LogP contribution in [0.25, 0.3) is 0 Å². The summed E-state index contributed by atoms with van der Waals surface area (Å²) in [5.41, 5.74) is 2.60. The lowest BCUT2D eigenvalue weighted by atomic mass is 9.78. The number of carbonyl (C=O) groups excluding carboxylic acids is 1. The molecule has 1 aliphatic rings. The Morgan fingerprint density at radius 3 is 2.39 bits per heavy atom. The zero-order valence-electron chi connectivity index (χ0n) is 15.9. The van der Waals surface area contributed by atoms with Crippen LogP contribution in [0.4, 0.5) is 13.2 Å². The van der Waals surface area contributed by atoms with Crippen molar-refractivity contribution in [2.75, 3.05) is 0 Å². The van der Waals surface area contributed by atoms with Crippen molar-refractivity contribution >= 4 is 5.97 Å². The van der Waals surface area contributed by atoms with Crippen LogP contribution in [-0.4, -0.2) is 11.0 Å². The Bertz CT molecular complexity index is 815. The third-order valence-electron chi connectivity index (χ3n) is 5.40. The average molecular weight is 391 g/mol. The van der Waals surface area contributed by atoms with Gasteiger partial charge < -0.3 is 4.74 Å². The van der Waals surface area contributed by atoms with E-state index in [2.05, 4.69) is 36.2 Å². The van der Waals surface area contributed by atoms with Gasteiger partial charge in [0.25, 0.3) is 11.9 Å². The van der Waals surface area contributed by atoms with Gasteiger partial charge in [0, 0.05) is 6.07 Å². The van der Waals surface area contributed by atoms with Crippen molar-refractivity contribution in [3.05, 3.63) is 59.2 Å². The molecule has 0 atom stereocenters. The molecule has 0 aliphatic heterocycles. The molecule has 3 rings (SSSR count). The van der Waals surface area contributed by atoms with Crippen molar-refractivity contribution in [3.63, 3.8) is 0 Å². The normalized spacial score (nSPS) is 19.4. The third kappa shape index (κ3) is 4.91. The maximum Gasteiger partial charge on any atom is 0.314 e. The molecule has 1 aromatic carbocycles. The monoisotopic (exact) mass is 391 g/mol. The van der Waals surface area contributed by atoms with E-state index in [-0.39, 0.29) is 5.92 Å². The first kappa shape index (κ1) is 20.4. The van der Waals surface area contributed by atoms with Gasteiger partial charge in [0.15, 0.2) is 11.6 Å². The second-order valence-electron chi connectivity index (χ2n) is 7.36. The summed E-state index contributed by atoms with van der Waals surface area (Å²) >= 11 is 0. The summed E-state index contributed by atoms with van der Waals surface area (Å²) in [5, 5.41) is 0.